The van der Waals surface area contributed by atoms with E-state index in [1.807, 2.05) is 26.8 Å². The van der Waals surface area contributed by atoms with Gasteiger partial charge in [-0.2, -0.15) is 0 Å². The molecule has 1 aromatic rings. The summed E-state index contributed by atoms with van der Waals surface area (Å²) in [4.78, 5) is 25.5. The number of amides is 2. The first-order valence-corrected chi connectivity index (χ1v) is 6.70. The maximum atomic E-state index is 12.2. The van der Waals surface area contributed by atoms with Crippen LogP contribution in [-0.4, -0.2) is 28.8 Å². The second-order valence-electron chi connectivity index (χ2n) is 5.02. The van der Waals surface area contributed by atoms with Crippen LogP contribution in [-0.2, 0) is 9.59 Å². The first-order valence-electron chi connectivity index (χ1n) is 6.70. The third-order valence-electron chi connectivity index (χ3n) is 3.64. The monoisotopic (exact) mass is 264 g/mol. The van der Waals surface area contributed by atoms with Gasteiger partial charge in [0.05, 0.1) is 24.8 Å². The number of nitrogens with zero attached hydrogens (tertiary/aromatic N) is 1. The molecule has 2 amide bonds. The van der Waals surface area contributed by atoms with Gasteiger partial charge in [-0.05, 0) is 32.4 Å². The van der Waals surface area contributed by atoms with Crippen LogP contribution in [0.5, 0.6) is 0 Å². The summed E-state index contributed by atoms with van der Waals surface area (Å²) >= 11 is 0. The van der Waals surface area contributed by atoms with Gasteiger partial charge in [0.15, 0.2) is 0 Å². The molecule has 5 nitrogen and oxygen atoms in total. The lowest BCUT2D eigenvalue weighted by Crippen LogP contribution is -2.43. The maximum absolute atomic E-state index is 12.2. The van der Waals surface area contributed by atoms with Crippen LogP contribution in [0.15, 0.2) is 22.8 Å². The summed E-state index contributed by atoms with van der Waals surface area (Å²) in [5.74, 6) is 0.545. The van der Waals surface area contributed by atoms with Gasteiger partial charge >= 0.3 is 0 Å². The Hall–Kier alpha value is -1.62. The van der Waals surface area contributed by atoms with Crippen LogP contribution in [0.3, 0.4) is 0 Å². The van der Waals surface area contributed by atoms with Crippen molar-refractivity contribution in [3.63, 3.8) is 0 Å². The van der Waals surface area contributed by atoms with Crippen molar-refractivity contribution in [2.24, 2.45) is 0 Å². The van der Waals surface area contributed by atoms with Crippen molar-refractivity contribution < 1.29 is 14.0 Å². The quantitative estimate of drug-likeness (QED) is 0.824. The molecule has 0 aromatic carbocycles. The normalized spacial score (nSPS) is 22.9. The number of nitrogens with one attached hydrogen (secondary N) is 1. The van der Waals surface area contributed by atoms with Crippen molar-refractivity contribution in [2.75, 3.05) is 0 Å². The fraction of sp³-hybridized carbons (Fsp3) is 0.571. The summed E-state index contributed by atoms with van der Waals surface area (Å²) in [5.41, 5.74) is 0. The van der Waals surface area contributed by atoms with E-state index in [0.29, 0.717) is 0 Å². The summed E-state index contributed by atoms with van der Waals surface area (Å²) in [6, 6.07) is 3.09. The molecule has 1 N–H and O–H groups in total. The number of likely N-dealkylation sites (tertiary alicyclic amines) is 1. The molecule has 1 aliphatic heterocycles. The van der Waals surface area contributed by atoms with E-state index in [9.17, 15) is 9.59 Å². The van der Waals surface area contributed by atoms with Crippen LogP contribution in [0, 0.1) is 0 Å². The predicted octanol–water partition coefficient (Wildman–Crippen LogP) is 1.86. The first kappa shape index (κ1) is 13.8. The van der Waals surface area contributed by atoms with E-state index in [1.54, 1.807) is 12.3 Å². The van der Waals surface area contributed by atoms with Crippen LogP contribution in [0.4, 0.5) is 0 Å². The minimum atomic E-state index is -0.443. The fourth-order valence-corrected chi connectivity index (χ4v) is 2.35. The molecule has 5 heteroatoms. The van der Waals surface area contributed by atoms with Crippen molar-refractivity contribution in [3.8, 4) is 0 Å². The summed E-state index contributed by atoms with van der Waals surface area (Å²) < 4.78 is 5.29. The Labute approximate surface area is 113 Å². The zero-order chi connectivity index (χ0) is 14.0. The summed E-state index contributed by atoms with van der Waals surface area (Å²) in [6.45, 7) is 5.79. The molecule has 1 aromatic heterocycles. The van der Waals surface area contributed by atoms with E-state index in [-0.39, 0.29) is 30.3 Å². The molecule has 3 atom stereocenters. The molecule has 0 saturated carbocycles. The largest absolute Gasteiger partial charge is 0.468 e. The molecular weight excluding hydrogens is 244 g/mol. The van der Waals surface area contributed by atoms with E-state index >= 15 is 0 Å². The molecule has 1 saturated heterocycles. The van der Waals surface area contributed by atoms with Gasteiger partial charge in [0.2, 0.25) is 11.8 Å². The summed E-state index contributed by atoms with van der Waals surface area (Å²) in [5, 5.41) is 3.16. The van der Waals surface area contributed by atoms with Crippen molar-refractivity contribution >= 4 is 11.8 Å². The third-order valence-corrected chi connectivity index (χ3v) is 3.64. The number of imide groups is 1. The smallest absolute Gasteiger partial charge is 0.247 e. The highest BCUT2D eigenvalue weighted by molar-refractivity contribution is 6.05. The van der Waals surface area contributed by atoms with Gasteiger partial charge in [0.25, 0.3) is 0 Å². The van der Waals surface area contributed by atoms with E-state index in [1.165, 1.54) is 4.90 Å². The Balaban J connectivity index is 2.03. The zero-order valence-electron chi connectivity index (χ0n) is 11.6. The predicted molar refractivity (Wildman–Crippen MR) is 70.3 cm³/mol. The zero-order valence-corrected chi connectivity index (χ0v) is 11.6. The number of carbonyl (C=O) groups is 2. The lowest BCUT2D eigenvalue weighted by molar-refractivity contribution is -0.141. The molecule has 19 heavy (non-hydrogen) atoms. The molecule has 3 unspecified atom stereocenters. The van der Waals surface area contributed by atoms with Gasteiger partial charge in [-0.25, -0.2) is 0 Å². The summed E-state index contributed by atoms with van der Waals surface area (Å²) in [7, 11) is 0. The van der Waals surface area contributed by atoms with Crippen LogP contribution in [0.2, 0.25) is 0 Å². The Bertz CT molecular complexity index is 455. The Morgan fingerprint density at radius 1 is 1.47 bits per heavy atom. The molecule has 0 bridgehead atoms. The van der Waals surface area contributed by atoms with Gasteiger partial charge in [0, 0.05) is 6.04 Å². The molecule has 2 rings (SSSR count). The molecule has 104 valence electrons. The lowest BCUT2D eigenvalue weighted by atomic mass is 10.2. The minimum Gasteiger partial charge on any atom is -0.468 e. The van der Waals surface area contributed by atoms with Crippen molar-refractivity contribution in [1.29, 1.82) is 0 Å². The average molecular weight is 264 g/mol. The minimum absolute atomic E-state index is 0.0364. The fourth-order valence-electron chi connectivity index (χ4n) is 2.35. The lowest BCUT2D eigenvalue weighted by Gasteiger charge is -2.22. The summed E-state index contributed by atoms with van der Waals surface area (Å²) in [6.07, 6.45) is 2.60. The molecule has 0 radical (unpaired) electrons. The third kappa shape index (κ3) is 2.71. The van der Waals surface area contributed by atoms with Gasteiger partial charge in [-0.1, -0.05) is 6.92 Å². The van der Waals surface area contributed by atoms with Gasteiger partial charge in [0.1, 0.15) is 5.76 Å². The molecule has 0 aliphatic carbocycles. The van der Waals surface area contributed by atoms with E-state index < -0.39 is 6.04 Å². The number of carbonyl (C=O) groups excluding carboxylic acids is 2. The topological polar surface area (TPSA) is 62.6 Å². The van der Waals surface area contributed by atoms with Gasteiger partial charge in [-0.3, -0.25) is 19.8 Å². The Morgan fingerprint density at radius 2 is 2.21 bits per heavy atom. The molecule has 1 aliphatic rings. The number of rotatable bonds is 5. The molecule has 0 spiro atoms. The van der Waals surface area contributed by atoms with E-state index in [4.69, 9.17) is 4.42 Å². The number of hydrogen-bond acceptors (Lipinski definition) is 4. The van der Waals surface area contributed by atoms with Crippen LogP contribution in [0.1, 0.15) is 45.4 Å². The van der Waals surface area contributed by atoms with Crippen LogP contribution in [0.25, 0.3) is 0 Å². The van der Waals surface area contributed by atoms with Crippen molar-refractivity contribution in [3.05, 3.63) is 24.2 Å². The van der Waals surface area contributed by atoms with Crippen molar-refractivity contribution in [2.45, 2.75) is 51.7 Å². The molecule has 2 heterocycles. The number of furan rings is 1. The van der Waals surface area contributed by atoms with Gasteiger partial charge < -0.3 is 4.42 Å². The van der Waals surface area contributed by atoms with Crippen molar-refractivity contribution in [1.82, 2.24) is 10.2 Å². The average Bonchev–Trinajstić information content (AvgIpc) is 2.98. The van der Waals surface area contributed by atoms with Crippen LogP contribution < -0.4 is 5.32 Å². The van der Waals surface area contributed by atoms with Gasteiger partial charge in [-0.15, -0.1) is 0 Å². The van der Waals surface area contributed by atoms with E-state index in [0.717, 1.165) is 12.2 Å². The second-order valence-corrected chi connectivity index (χ2v) is 5.02. The highest BCUT2D eigenvalue weighted by Gasteiger charge is 2.41. The second kappa shape index (κ2) is 5.57. The maximum Gasteiger partial charge on any atom is 0.247 e. The molecule has 1 fully saturated rings. The number of hydrogen-bond donors (Lipinski definition) is 1. The molecular formula is C14H20N2O3. The SMILES string of the molecule is CCC(C)N1C(=O)CC(NC(C)c2ccco2)C1=O. The first-order chi connectivity index (χ1) is 9.04. The standard InChI is InChI=1S/C14H20N2O3/c1-4-9(2)16-13(17)8-11(14(16)18)15-10(3)12-6-5-7-19-12/h5-7,9-11,15H,4,8H2,1-3H3. The van der Waals surface area contributed by atoms with E-state index in [2.05, 4.69) is 5.32 Å². The highest BCUT2D eigenvalue weighted by Crippen LogP contribution is 2.21. The Morgan fingerprint density at radius 3 is 2.79 bits per heavy atom. The highest BCUT2D eigenvalue weighted by atomic mass is 16.3. The van der Waals surface area contributed by atoms with Crippen LogP contribution >= 0.6 is 0 Å². The Kier molecular flexibility index (Phi) is 4.04.